The largest absolute Gasteiger partial charge is 0.465 e. The Morgan fingerprint density at radius 2 is 2.27 bits per heavy atom. The Hall–Kier alpha value is -0.0500. The minimum absolute atomic E-state index is 0.109. The summed E-state index contributed by atoms with van der Waals surface area (Å²) in [4.78, 5) is 10.8. The van der Waals surface area contributed by atoms with Crippen LogP contribution in [0.15, 0.2) is 0 Å². The van der Waals surface area contributed by atoms with Crippen molar-refractivity contribution in [2.45, 2.75) is 26.7 Å². The number of esters is 1. The van der Waals surface area contributed by atoms with E-state index in [0.717, 1.165) is 6.42 Å². The van der Waals surface area contributed by atoms with Crippen LogP contribution in [0.25, 0.3) is 0 Å². The van der Waals surface area contributed by atoms with E-state index in [0.29, 0.717) is 24.3 Å². The number of carbonyl (C=O) groups is 1. The predicted molar refractivity (Wildman–Crippen MR) is 48.8 cm³/mol. The Labute approximate surface area is 76.4 Å². The van der Waals surface area contributed by atoms with E-state index < -0.39 is 0 Å². The van der Waals surface area contributed by atoms with Crippen molar-refractivity contribution in [3.8, 4) is 0 Å². The lowest BCUT2D eigenvalue weighted by atomic mass is 10.1. The molecule has 0 rings (SSSR count). The molecule has 0 aliphatic rings. The average Bonchev–Trinajstić information content (AvgIpc) is 2.01. The quantitative estimate of drug-likeness (QED) is 0.528. The molecule has 0 heterocycles. The van der Waals surface area contributed by atoms with Crippen LogP contribution >= 0.6 is 15.9 Å². The predicted octanol–water partition coefficient (Wildman–Crippen LogP) is 2.36. The summed E-state index contributed by atoms with van der Waals surface area (Å²) in [5.41, 5.74) is 0. The average molecular weight is 223 g/mol. The molecule has 0 aliphatic heterocycles. The zero-order valence-electron chi connectivity index (χ0n) is 7.10. The van der Waals surface area contributed by atoms with E-state index in [1.807, 2.05) is 0 Å². The summed E-state index contributed by atoms with van der Waals surface area (Å²) >= 11 is 3.17. The highest BCUT2D eigenvalue weighted by Crippen LogP contribution is 2.01. The molecule has 0 aromatic heterocycles. The zero-order chi connectivity index (χ0) is 8.69. The van der Waals surface area contributed by atoms with Gasteiger partial charge in [-0.25, -0.2) is 0 Å². The molecule has 0 bridgehead atoms. The van der Waals surface area contributed by atoms with Gasteiger partial charge in [-0.2, -0.15) is 0 Å². The lowest BCUT2D eigenvalue weighted by Gasteiger charge is -2.08. The van der Waals surface area contributed by atoms with Crippen LogP contribution in [0.5, 0.6) is 0 Å². The highest BCUT2D eigenvalue weighted by Gasteiger charge is 2.03. The Kier molecular flexibility index (Phi) is 6.62. The first-order chi connectivity index (χ1) is 5.20. The van der Waals surface area contributed by atoms with E-state index in [1.54, 1.807) is 0 Å². The summed E-state index contributed by atoms with van der Waals surface area (Å²) in [5.74, 6) is 0.372. The van der Waals surface area contributed by atoms with E-state index >= 15 is 0 Å². The minimum Gasteiger partial charge on any atom is -0.465 e. The molecule has 0 saturated heterocycles. The fraction of sp³-hybridized carbons (Fsp3) is 0.875. The molecule has 0 aromatic rings. The molecule has 0 amide bonds. The molecular formula is C8H15BrO2. The van der Waals surface area contributed by atoms with E-state index in [-0.39, 0.29) is 5.97 Å². The fourth-order valence-electron chi connectivity index (χ4n) is 0.502. The second-order valence-electron chi connectivity index (χ2n) is 2.64. The Morgan fingerprint density at radius 1 is 1.64 bits per heavy atom. The van der Waals surface area contributed by atoms with Gasteiger partial charge < -0.3 is 4.74 Å². The lowest BCUT2D eigenvalue weighted by Crippen LogP contribution is -2.11. The molecular weight excluding hydrogens is 208 g/mol. The third-order valence-electron chi connectivity index (χ3n) is 1.52. The molecule has 0 aliphatic carbocycles. The first-order valence-corrected chi connectivity index (χ1v) is 5.04. The first-order valence-electron chi connectivity index (χ1n) is 3.92. The van der Waals surface area contributed by atoms with Gasteiger partial charge in [-0.05, 0) is 5.92 Å². The van der Waals surface area contributed by atoms with E-state index in [2.05, 4.69) is 29.8 Å². The van der Waals surface area contributed by atoms with E-state index in [4.69, 9.17) is 4.74 Å². The second-order valence-corrected chi connectivity index (χ2v) is 3.43. The van der Waals surface area contributed by atoms with Gasteiger partial charge >= 0.3 is 5.97 Å². The Morgan fingerprint density at radius 3 is 2.73 bits per heavy atom. The van der Waals surface area contributed by atoms with Crippen LogP contribution in [0.3, 0.4) is 0 Å². The number of hydrogen-bond acceptors (Lipinski definition) is 2. The van der Waals surface area contributed by atoms with Crippen molar-refractivity contribution in [1.29, 1.82) is 0 Å². The third-order valence-corrected chi connectivity index (χ3v) is 1.92. The van der Waals surface area contributed by atoms with Crippen LogP contribution in [-0.4, -0.2) is 17.9 Å². The molecule has 0 spiro atoms. The molecule has 0 N–H and O–H groups in total. The van der Waals surface area contributed by atoms with Gasteiger partial charge in [0.2, 0.25) is 0 Å². The summed E-state index contributed by atoms with van der Waals surface area (Å²) in [6.07, 6.45) is 1.53. The highest BCUT2D eigenvalue weighted by atomic mass is 79.9. The molecule has 66 valence electrons. The van der Waals surface area contributed by atoms with Gasteiger partial charge in [-0.1, -0.05) is 36.2 Å². The Bertz CT molecular complexity index is 115. The van der Waals surface area contributed by atoms with Crippen LogP contribution in [0, 0.1) is 5.92 Å². The van der Waals surface area contributed by atoms with Crippen molar-refractivity contribution >= 4 is 21.9 Å². The fourth-order valence-corrected chi connectivity index (χ4v) is 0.826. The van der Waals surface area contributed by atoms with Crippen molar-refractivity contribution in [2.75, 3.05) is 11.9 Å². The van der Waals surface area contributed by atoms with Crippen LogP contribution in [-0.2, 0) is 9.53 Å². The molecule has 0 radical (unpaired) electrons. The monoisotopic (exact) mass is 222 g/mol. The summed E-state index contributed by atoms with van der Waals surface area (Å²) in [5, 5.41) is 0.687. The number of ether oxygens (including phenoxy) is 1. The number of alkyl halides is 1. The van der Waals surface area contributed by atoms with Crippen LogP contribution < -0.4 is 0 Å². The SMILES string of the molecule is CC[C@@H](C)COC(=O)CCBr. The van der Waals surface area contributed by atoms with Crippen molar-refractivity contribution in [1.82, 2.24) is 0 Å². The van der Waals surface area contributed by atoms with Gasteiger partial charge in [-0.15, -0.1) is 0 Å². The van der Waals surface area contributed by atoms with Gasteiger partial charge in [0.1, 0.15) is 0 Å². The van der Waals surface area contributed by atoms with Gasteiger partial charge in [0.25, 0.3) is 0 Å². The Balaban J connectivity index is 3.30. The number of halogens is 1. The van der Waals surface area contributed by atoms with Crippen LogP contribution in [0.4, 0.5) is 0 Å². The molecule has 0 fully saturated rings. The summed E-state index contributed by atoms with van der Waals surface area (Å²) < 4.78 is 4.97. The number of rotatable bonds is 5. The van der Waals surface area contributed by atoms with E-state index in [1.165, 1.54) is 0 Å². The van der Waals surface area contributed by atoms with Gasteiger partial charge in [0, 0.05) is 5.33 Å². The van der Waals surface area contributed by atoms with Crippen LogP contribution in [0.2, 0.25) is 0 Å². The molecule has 0 saturated carbocycles. The van der Waals surface area contributed by atoms with Crippen molar-refractivity contribution in [3.05, 3.63) is 0 Å². The minimum atomic E-state index is -0.109. The maximum Gasteiger partial charge on any atom is 0.306 e. The number of hydrogen-bond donors (Lipinski definition) is 0. The van der Waals surface area contributed by atoms with Gasteiger partial charge in [0.15, 0.2) is 0 Å². The zero-order valence-corrected chi connectivity index (χ0v) is 8.69. The molecule has 0 aromatic carbocycles. The summed E-state index contributed by atoms with van der Waals surface area (Å²) in [6.45, 7) is 4.72. The van der Waals surface area contributed by atoms with E-state index in [9.17, 15) is 4.79 Å². The van der Waals surface area contributed by atoms with Crippen molar-refractivity contribution in [2.24, 2.45) is 5.92 Å². The maximum atomic E-state index is 10.8. The number of carbonyl (C=O) groups excluding carboxylic acids is 1. The molecule has 2 nitrogen and oxygen atoms in total. The molecule has 0 unspecified atom stereocenters. The summed E-state index contributed by atoms with van der Waals surface area (Å²) in [7, 11) is 0. The van der Waals surface area contributed by atoms with Gasteiger partial charge in [-0.3, -0.25) is 4.79 Å². The van der Waals surface area contributed by atoms with Crippen molar-refractivity contribution in [3.63, 3.8) is 0 Å². The van der Waals surface area contributed by atoms with Crippen LogP contribution in [0.1, 0.15) is 26.7 Å². The topological polar surface area (TPSA) is 26.3 Å². The smallest absolute Gasteiger partial charge is 0.306 e. The van der Waals surface area contributed by atoms with Gasteiger partial charge in [0.05, 0.1) is 13.0 Å². The summed E-state index contributed by atoms with van der Waals surface area (Å²) in [6, 6.07) is 0. The molecule has 3 heteroatoms. The lowest BCUT2D eigenvalue weighted by molar-refractivity contribution is -0.144. The normalized spacial score (nSPS) is 12.6. The maximum absolute atomic E-state index is 10.8. The standard InChI is InChI=1S/C8H15BrO2/c1-3-7(2)6-11-8(10)4-5-9/h7H,3-6H2,1-2H3/t7-/m1/s1. The highest BCUT2D eigenvalue weighted by molar-refractivity contribution is 9.09. The molecule has 11 heavy (non-hydrogen) atoms. The second kappa shape index (κ2) is 6.65. The molecule has 1 atom stereocenters. The first kappa shape index (κ1) is 11.0. The third kappa shape index (κ3) is 6.35. The van der Waals surface area contributed by atoms with Crippen molar-refractivity contribution < 1.29 is 9.53 Å².